The van der Waals surface area contributed by atoms with Crippen LogP contribution in [0.3, 0.4) is 0 Å². The predicted octanol–water partition coefficient (Wildman–Crippen LogP) is 7.36. The van der Waals surface area contributed by atoms with E-state index in [1.54, 1.807) is 28.4 Å². The van der Waals surface area contributed by atoms with Crippen molar-refractivity contribution >= 4 is 49.9 Å². The lowest BCUT2D eigenvalue weighted by atomic mass is 10.0. The van der Waals surface area contributed by atoms with Gasteiger partial charge in [0.25, 0.3) is 5.91 Å². The van der Waals surface area contributed by atoms with Crippen molar-refractivity contribution in [3.63, 3.8) is 0 Å². The van der Waals surface area contributed by atoms with Gasteiger partial charge in [0.05, 0.1) is 30.0 Å². The molecule has 0 spiro atoms. The number of ether oxygens (including phenoxy) is 2. The van der Waals surface area contributed by atoms with Gasteiger partial charge in [-0.3, -0.25) is 4.79 Å². The van der Waals surface area contributed by atoms with E-state index in [4.69, 9.17) is 14.5 Å². The molecule has 2 aromatic carbocycles. The Morgan fingerprint density at radius 1 is 1.05 bits per heavy atom. The fourth-order valence-electron chi connectivity index (χ4n) is 4.49. The molecule has 4 aromatic rings. The number of carbonyl (C=O) groups excluding carboxylic acids is 2. The van der Waals surface area contributed by atoms with Crippen molar-refractivity contribution in [2.45, 2.75) is 46.1 Å². The van der Waals surface area contributed by atoms with Gasteiger partial charge in [0.15, 0.2) is 0 Å². The molecule has 5 rings (SSSR count). The highest BCUT2D eigenvalue weighted by Gasteiger charge is 2.30. The Bertz CT molecular complexity index is 1390. The lowest BCUT2D eigenvalue weighted by Crippen LogP contribution is -2.35. The molecule has 2 aromatic heterocycles. The number of fused-ring (bicyclic) bond motifs is 2. The second kappa shape index (κ2) is 12.0. The summed E-state index contributed by atoms with van der Waals surface area (Å²) >= 11 is 3.12. The van der Waals surface area contributed by atoms with Crippen molar-refractivity contribution in [3.8, 4) is 16.3 Å². The third-order valence-electron chi connectivity index (χ3n) is 6.45. The zero-order valence-corrected chi connectivity index (χ0v) is 23.3. The van der Waals surface area contributed by atoms with E-state index in [9.17, 15) is 9.59 Å². The first kappa shape index (κ1) is 26.2. The molecule has 0 fully saturated rings. The van der Waals surface area contributed by atoms with Crippen molar-refractivity contribution in [1.29, 1.82) is 0 Å². The minimum absolute atomic E-state index is 0.189. The van der Waals surface area contributed by atoms with Crippen LogP contribution in [0.1, 0.15) is 53.9 Å². The number of rotatable bonds is 9. The molecule has 1 aliphatic rings. The number of hydrogen-bond donors (Lipinski definition) is 1. The molecule has 0 saturated carbocycles. The normalized spacial score (nSPS) is 12.8. The fourth-order valence-corrected chi connectivity index (χ4v) is 6.86. The van der Waals surface area contributed by atoms with Crippen molar-refractivity contribution in [2.24, 2.45) is 0 Å². The number of aromatic nitrogens is 1. The maximum atomic E-state index is 13.3. The van der Waals surface area contributed by atoms with Crippen LogP contribution in [0.15, 0.2) is 48.5 Å². The van der Waals surface area contributed by atoms with Gasteiger partial charge in [-0.2, -0.15) is 0 Å². The van der Waals surface area contributed by atoms with E-state index in [1.165, 1.54) is 11.3 Å². The molecule has 2 amide bonds. The predicted molar refractivity (Wildman–Crippen MR) is 153 cm³/mol. The highest BCUT2D eigenvalue weighted by molar-refractivity contribution is 7.23. The largest absolute Gasteiger partial charge is 0.494 e. The van der Waals surface area contributed by atoms with E-state index in [1.807, 2.05) is 37.3 Å². The lowest BCUT2D eigenvalue weighted by Gasteiger charge is -2.26. The number of para-hydroxylation sites is 1. The Balaban J connectivity index is 1.41. The summed E-state index contributed by atoms with van der Waals surface area (Å²) in [6.45, 7) is 6.00. The summed E-state index contributed by atoms with van der Waals surface area (Å²) in [6, 6.07) is 15.3. The van der Waals surface area contributed by atoms with E-state index < -0.39 is 0 Å². The molecule has 0 saturated heterocycles. The van der Waals surface area contributed by atoms with Gasteiger partial charge < -0.3 is 19.7 Å². The number of unbranched alkanes of at least 4 members (excludes halogenated alkanes) is 2. The summed E-state index contributed by atoms with van der Waals surface area (Å²) in [5.41, 5.74) is 3.59. The van der Waals surface area contributed by atoms with Crippen molar-refractivity contribution in [3.05, 3.63) is 64.5 Å². The first-order valence-electron chi connectivity index (χ1n) is 13.0. The Morgan fingerprint density at radius 2 is 1.87 bits per heavy atom. The third-order valence-corrected chi connectivity index (χ3v) is 8.64. The minimum atomic E-state index is -0.310. The number of nitrogens with zero attached hydrogens (tertiary/aromatic N) is 2. The molecule has 3 heterocycles. The number of thiazole rings is 1. The summed E-state index contributed by atoms with van der Waals surface area (Å²) in [6.07, 6.45) is 3.67. The van der Waals surface area contributed by atoms with E-state index in [0.29, 0.717) is 38.3 Å². The van der Waals surface area contributed by atoms with Gasteiger partial charge in [0.2, 0.25) is 0 Å². The Labute approximate surface area is 230 Å². The molecule has 0 aliphatic carbocycles. The zero-order chi connectivity index (χ0) is 26.5. The third kappa shape index (κ3) is 5.68. The van der Waals surface area contributed by atoms with E-state index >= 15 is 0 Å². The van der Waals surface area contributed by atoms with Crippen LogP contribution in [0.4, 0.5) is 9.80 Å². The zero-order valence-electron chi connectivity index (χ0n) is 21.6. The average molecular weight is 550 g/mol. The lowest BCUT2D eigenvalue weighted by molar-refractivity contribution is 0.102. The second-order valence-electron chi connectivity index (χ2n) is 9.10. The van der Waals surface area contributed by atoms with Crippen LogP contribution in [-0.4, -0.2) is 41.6 Å². The highest BCUT2D eigenvalue weighted by Crippen LogP contribution is 2.46. The van der Waals surface area contributed by atoms with Crippen LogP contribution in [0.5, 0.6) is 5.75 Å². The molecule has 38 heavy (non-hydrogen) atoms. The molecule has 9 heteroatoms. The highest BCUT2D eigenvalue weighted by atomic mass is 32.1. The van der Waals surface area contributed by atoms with Gasteiger partial charge in [0.1, 0.15) is 15.8 Å². The van der Waals surface area contributed by atoms with Gasteiger partial charge in [0, 0.05) is 22.5 Å². The standard InChI is InChI=1S/C29H31N3O4S2/c1-3-5-8-17-36-20-13-11-19(12-14-20)26(33)31-28-25(27-30-22-9-6-7-10-23(22)37-27)21-15-16-32(18-24(21)38-28)29(34)35-4-2/h6-7,9-14H,3-5,8,15-18H2,1-2H3,(H,31,33). The molecule has 7 nitrogen and oxygen atoms in total. The molecule has 0 atom stereocenters. The van der Waals surface area contributed by atoms with E-state index in [0.717, 1.165) is 61.2 Å². The number of carbonyl (C=O) groups is 2. The monoisotopic (exact) mass is 549 g/mol. The topological polar surface area (TPSA) is 80.8 Å². The molecule has 0 unspecified atom stereocenters. The first-order chi connectivity index (χ1) is 18.6. The van der Waals surface area contributed by atoms with E-state index in [-0.39, 0.29) is 12.0 Å². The van der Waals surface area contributed by atoms with Gasteiger partial charge >= 0.3 is 6.09 Å². The fraction of sp³-hybridized carbons (Fsp3) is 0.345. The van der Waals surface area contributed by atoms with Gasteiger partial charge in [-0.25, -0.2) is 9.78 Å². The molecular formula is C29H31N3O4S2. The van der Waals surface area contributed by atoms with Gasteiger partial charge in [-0.15, -0.1) is 22.7 Å². The molecule has 1 N–H and O–H groups in total. The SMILES string of the molecule is CCCCCOc1ccc(C(=O)Nc2sc3c(c2-c2nc4ccccc4s2)CCN(C(=O)OCC)C3)cc1. The van der Waals surface area contributed by atoms with Crippen molar-refractivity contribution in [1.82, 2.24) is 9.88 Å². The summed E-state index contributed by atoms with van der Waals surface area (Å²) in [7, 11) is 0. The number of hydrogen-bond acceptors (Lipinski definition) is 7. The maximum Gasteiger partial charge on any atom is 0.410 e. The van der Waals surface area contributed by atoms with E-state index in [2.05, 4.69) is 18.3 Å². The molecule has 0 radical (unpaired) electrons. The Morgan fingerprint density at radius 3 is 2.63 bits per heavy atom. The summed E-state index contributed by atoms with van der Waals surface area (Å²) < 4.78 is 12.1. The first-order valence-corrected chi connectivity index (χ1v) is 14.7. The number of thiophene rings is 1. The van der Waals surface area contributed by atoms with Gasteiger partial charge in [-0.1, -0.05) is 31.9 Å². The summed E-state index contributed by atoms with van der Waals surface area (Å²) in [4.78, 5) is 33.4. The van der Waals surface area contributed by atoms with Crippen LogP contribution in [0.2, 0.25) is 0 Å². The Hall–Kier alpha value is -3.43. The number of nitrogens with one attached hydrogen (secondary N) is 1. The average Bonchev–Trinajstić information content (AvgIpc) is 3.51. The van der Waals surface area contributed by atoms with Crippen molar-refractivity contribution in [2.75, 3.05) is 25.1 Å². The molecule has 1 aliphatic heterocycles. The molecule has 0 bridgehead atoms. The number of anilines is 1. The van der Waals surface area contributed by atoms with Crippen molar-refractivity contribution < 1.29 is 19.1 Å². The maximum absolute atomic E-state index is 13.3. The van der Waals surface area contributed by atoms with Crippen LogP contribution in [0, 0.1) is 0 Å². The van der Waals surface area contributed by atoms with Crippen LogP contribution in [-0.2, 0) is 17.7 Å². The summed E-state index contributed by atoms with van der Waals surface area (Å²) in [5.74, 6) is 0.573. The van der Waals surface area contributed by atoms with Crippen LogP contribution >= 0.6 is 22.7 Å². The Kier molecular flexibility index (Phi) is 8.24. The van der Waals surface area contributed by atoms with Crippen LogP contribution < -0.4 is 10.1 Å². The number of benzene rings is 2. The van der Waals surface area contributed by atoms with Gasteiger partial charge in [-0.05, 0) is 61.7 Å². The smallest absolute Gasteiger partial charge is 0.410 e. The number of amides is 2. The second-order valence-corrected chi connectivity index (χ2v) is 11.2. The summed E-state index contributed by atoms with van der Waals surface area (Å²) in [5, 5.41) is 4.77. The quantitative estimate of drug-likeness (QED) is 0.221. The molecular weight excluding hydrogens is 518 g/mol. The van der Waals surface area contributed by atoms with Crippen LogP contribution in [0.25, 0.3) is 20.8 Å². The molecule has 198 valence electrons. The minimum Gasteiger partial charge on any atom is -0.494 e.